The summed E-state index contributed by atoms with van der Waals surface area (Å²) in [6, 6.07) is 1.99. The summed E-state index contributed by atoms with van der Waals surface area (Å²) < 4.78 is 10.1. The van der Waals surface area contributed by atoms with Crippen LogP contribution in [0.25, 0.3) is 11.1 Å². The first-order chi connectivity index (χ1) is 12.2. The predicted octanol–water partition coefficient (Wildman–Crippen LogP) is 0.657. The first-order valence-corrected chi connectivity index (χ1v) is 6.83. The Balaban J connectivity index is 2.51. The molecule has 0 unspecified atom stereocenters. The summed E-state index contributed by atoms with van der Waals surface area (Å²) in [4.78, 5) is 47.6. The van der Waals surface area contributed by atoms with E-state index >= 15 is 0 Å². The zero-order chi connectivity index (χ0) is 19.2. The van der Waals surface area contributed by atoms with Crippen LogP contribution in [-0.4, -0.2) is 38.9 Å². The van der Waals surface area contributed by atoms with E-state index in [0.29, 0.717) is 0 Å². The second-order valence-electron chi connectivity index (χ2n) is 5.08. The van der Waals surface area contributed by atoms with Crippen LogP contribution in [0.2, 0.25) is 0 Å². The highest BCUT2D eigenvalue weighted by Crippen LogP contribution is 2.44. The maximum atomic E-state index is 12.0. The number of fused-ring (bicyclic) bond motifs is 1. The van der Waals surface area contributed by atoms with E-state index in [1.54, 1.807) is 0 Å². The van der Waals surface area contributed by atoms with Gasteiger partial charge in [0, 0.05) is 5.56 Å². The lowest BCUT2D eigenvalue weighted by molar-refractivity contribution is -0.384. The highest BCUT2D eigenvalue weighted by atomic mass is 16.7. The molecule has 0 aliphatic carbocycles. The lowest BCUT2D eigenvalue weighted by atomic mass is 9.93. The molecule has 3 rings (SSSR count). The fourth-order valence-corrected chi connectivity index (χ4v) is 2.60. The first-order valence-electron chi connectivity index (χ1n) is 6.83. The molecule has 26 heavy (non-hydrogen) atoms. The number of nitrogens with one attached hydrogen (secondary N) is 1. The summed E-state index contributed by atoms with van der Waals surface area (Å²) in [5, 5.41) is 30.2. The van der Waals surface area contributed by atoms with Gasteiger partial charge in [-0.3, -0.25) is 14.9 Å². The molecular formula is C14H9N3O9. The Hall–Kier alpha value is -4.09. The van der Waals surface area contributed by atoms with Crippen LogP contribution >= 0.6 is 0 Å². The van der Waals surface area contributed by atoms with E-state index in [0.717, 1.165) is 12.1 Å². The van der Waals surface area contributed by atoms with Crippen LogP contribution < -0.4 is 20.8 Å². The maximum absolute atomic E-state index is 12.0. The molecule has 0 spiro atoms. The monoisotopic (exact) mass is 363 g/mol. The molecule has 134 valence electrons. The number of aromatic amines is 1. The number of hydrogen-bond donors (Lipinski definition) is 4. The number of carbonyl (C=O) groups is 2. The Morgan fingerprint density at radius 1 is 1.15 bits per heavy atom. The number of pyridine rings is 1. The number of ether oxygens (including phenoxy) is 2. The SMILES string of the molecule is Nc1[nH]c(=O)c(C(=O)O)c(-c2cc3c(cc2[N+](=O)[O-])OCO3)c1C(=O)O. The summed E-state index contributed by atoms with van der Waals surface area (Å²) >= 11 is 0. The number of anilines is 1. The zero-order valence-corrected chi connectivity index (χ0v) is 12.6. The molecule has 0 saturated heterocycles. The van der Waals surface area contributed by atoms with Crippen LogP contribution in [0, 0.1) is 10.1 Å². The molecule has 1 aliphatic rings. The van der Waals surface area contributed by atoms with Gasteiger partial charge < -0.3 is 30.4 Å². The molecule has 12 nitrogen and oxygen atoms in total. The minimum Gasteiger partial charge on any atom is -0.478 e. The summed E-state index contributed by atoms with van der Waals surface area (Å²) in [6.07, 6.45) is 0. The van der Waals surface area contributed by atoms with Gasteiger partial charge in [0.25, 0.3) is 11.2 Å². The highest BCUT2D eigenvalue weighted by Gasteiger charge is 2.33. The third-order valence-corrected chi connectivity index (χ3v) is 3.63. The molecule has 0 atom stereocenters. The lowest BCUT2D eigenvalue weighted by Gasteiger charge is -2.13. The molecule has 0 amide bonds. The van der Waals surface area contributed by atoms with E-state index < -0.39 is 56.2 Å². The second kappa shape index (κ2) is 5.77. The van der Waals surface area contributed by atoms with Crippen LogP contribution in [-0.2, 0) is 0 Å². The number of nitro groups is 1. The van der Waals surface area contributed by atoms with E-state index in [9.17, 15) is 34.7 Å². The van der Waals surface area contributed by atoms with E-state index in [-0.39, 0.29) is 18.3 Å². The van der Waals surface area contributed by atoms with E-state index in [2.05, 4.69) is 0 Å². The van der Waals surface area contributed by atoms with Crippen molar-refractivity contribution in [2.75, 3.05) is 12.5 Å². The van der Waals surface area contributed by atoms with Gasteiger partial charge >= 0.3 is 11.9 Å². The van der Waals surface area contributed by atoms with Crippen molar-refractivity contribution in [1.82, 2.24) is 4.98 Å². The molecule has 5 N–H and O–H groups in total. The number of benzene rings is 1. The molecule has 1 aliphatic heterocycles. The van der Waals surface area contributed by atoms with Crippen molar-refractivity contribution in [3.8, 4) is 22.6 Å². The predicted molar refractivity (Wildman–Crippen MR) is 83.6 cm³/mol. The molecule has 0 radical (unpaired) electrons. The van der Waals surface area contributed by atoms with Crippen molar-refractivity contribution in [2.24, 2.45) is 0 Å². The van der Waals surface area contributed by atoms with Gasteiger partial charge in [-0.2, -0.15) is 0 Å². The van der Waals surface area contributed by atoms with E-state index in [1.165, 1.54) is 0 Å². The summed E-state index contributed by atoms with van der Waals surface area (Å²) in [6.45, 7) is -0.231. The fraction of sp³-hybridized carbons (Fsp3) is 0.0714. The lowest BCUT2D eigenvalue weighted by Crippen LogP contribution is -2.24. The summed E-state index contributed by atoms with van der Waals surface area (Å²) in [5.74, 6) is -4.06. The van der Waals surface area contributed by atoms with Crippen LogP contribution in [0.3, 0.4) is 0 Å². The normalized spacial score (nSPS) is 12.0. The van der Waals surface area contributed by atoms with Gasteiger partial charge in [0.2, 0.25) is 6.79 Å². The van der Waals surface area contributed by atoms with Crippen LogP contribution in [0.5, 0.6) is 11.5 Å². The number of nitrogens with two attached hydrogens (primary N) is 1. The molecule has 1 aromatic heterocycles. The maximum Gasteiger partial charge on any atom is 0.342 e. The average molecular weight is 363 g/mol. The Kier molecular flexibility index (Phi) is 3.72. The first kappa shape index (κ1) is 16.8. The van der Waals surface area contributed by atoms with E-state index in [1.807, 2.05) is 4.98 Å². The van der Waals surface area contributed by atoms with Gasteiger partial charge in [0.15, 0.2) is 11.5 Å². The minimum atomic E-state index is -1.78. The molecule has 0 bridgehead atoms. The van der Waals surface area contributed by atoms with Gasteiger partial charge in [-0.05, 0) is 6.07 Å². The number of H-pyrrole nitrogens is 1. The Labute approximate surface area is 142 Å². The number of nitro benzene ring substituents is 1. The van der Waals surface area contributed by atoms with Gasteiger partial charge in [0.05, 0.1) is 16.6 Å². The average Bonchev–Trinajstić information content (AvgIpc) is 2.99. The summed E-state index contributed by atoms with van der Waals surface area (Å²) in [7, 11) is 0. The van der Waals surface area contributed by atoms with Gasteiger partial charge in [-0.15, -0.1) is 0 Å². The number of rotatable bonds is 4. The highest BCUT2D eigenvalue weighted by molar-refractivity contribution is 6.08. The minimum absolute atomic E-state index is 0.0204. The van der Waals surface area contributed by atoms with Crippen LogP contribution in [0.15, 0.2) is 16.9 Å². The van der Waals surface area contributed by atoms with Gasteiger partial charge in [-0.1, -0.05) is 0 Å². The molecular weight excluding hydrogens is 354 g/mol. The Morgan fingerprint density at radius 2 is 1.73 bits per heavy atom. The fourth-order valence-electron chi connectivity index (χ4n) is 2.60. The number of carboxylic acids is 2. The van der Waals surface area contributed by atoms with Crippen molar-refractivity contribution in [1.29, 1.82) is 0 Å². The molecule has 0 fully saturated rings. The number of carboxylic acid groups (broad SMARTS) is 2. The number of aromatic carboxylic acids is 2. The molecule has 2 heterocycles. The van der Waals surface area contributed by atoms with Crippen LogP contribution in [0.1, 0.15) is 20.7 Å². The summed E-state index contributed by atoms with van der Waals surface area (Å²) in [5.41, 5.74) is 0.691. The molecule has 1 aromatic carbocycles. The van der Waals surface area contributed by atoms with E-state index in [4.69, 9.17) is 15.2 Å². The smallest absolute Gasteiger partial charge is 0.342 e. The van der Waals surface area contributed by atoms with Crippen molar-refractivity contribution in [2.45, 2.75) is 0 Å². The molecule has 12 heteroatoms. The topological polar surface area (TPSA) is 195 Å². The third-order valence-electron chi connectivity index (χ3n) is 3.63. The third kappa shape index (κ3) is 2.45. The van der Waals surface area contributed by atoms with Crippen molar-refractivity contribution in [3.63, 3.8) is 0 Å². The Morgan fingerprint density at radius 3 is 2.27 bits per heavy atom. The number of hydrogen-bond acceptors (Lipinski definition) is 8. The standard InChI is InChI=1S/C14H9N3O9/c15-11-9(13(19)20)8(10(14(21)22)12(18)16-11)4-1-6-7(26-3-25-6)2-5(4)17(23)24/h1-2H,3H2,(H,19,20)(H,21,22)(H3,15,16,18). The number of nitrogens with zero attached hydrogens (tertiary/aromatic N) is 1. The number of aromatic nitrogens is 1. The van der Waals surface area contributed by atoms with Gasteiger partial charge in [0.1, 0.15) is 16.9 Å². The Bertz CT molecular complexity index is 1040. The quantitative estimate of drug-likeness (QED) is 0.442. The van der Waals surface area contributed by atoms with Crippen molar-refractivity contribution >= 4 is 23.4 Å². The number of nitrogen functional groups attached to an aromatic ring is 1. The van der Waals surface area contributed by atoms with Crippen molar-refractivity contribution < 1.29 is 34.2 Å². The van der Waals surface area contributed by atoms with Gasteiger partial charge in [-0.25, -0.2) is 9.59 Å². The largest absolute Gasteiger partial charge is 0.478 e. The van der Waals surface area contributed by atoms with Crippen molar-refractivity contribution in [3.05, 3.63) is 43.7 Å². The second-order valence-corrected chi connectivity index (χ2v) is 5.08. The molecule has 0 saturated carbocycles. The van der Waals surface area contributed by atoms with Crippen LogP contribution in [0.4, 0.5) is 11.5 Å². The zero-order valence-electron chi connectivity index (χ0n) is 12.6. The molecule has 2 aromatic rings.